The van der Waals surface area contributed by atoms with Gasteiger partial charge in [-0.15, -0.1) is 0 Å². The predicted molar refractivity (Wildman–Crippen MR) is 85.5 cm³/mol. The van der Waals surface area contributed by atoms with Crippen molar-refractivity contribution in [1.29, 1.82) is 0 Å². The highest BCUT2D eigenvalue weighted by molar-refractivity contribution is 5.65. The molecule has 0 fully saturated rings. The number of hydrogen-bond acceptors (Lipinski definition) is 3. The van der Waals surface area contributed by atoms with Crippen LogP contribution in [0.1, 0.15) is 24.5 Å². The molecule has 1 aromatic carbocycles. The van der Waals surface area contributed by atoms with E-state index in [0.717, 1.165) is 19.5 Å². The number of anilines is 2. The van der Waals surface area contributed by atoms with Gasteiger partial charge < -0.3 is 10.2 Å². The number of nitrogens with zero attached hydrogens (tertiary/aromatic N) is 2. The monoisotopic (exact) mass is 269 g/mol. The molecule has 0 bridgehead atoms. The van der Waals surface area contributed by atoms with Crippen molar-refractivity contribution in [3.05, 3.63) is 53.9 Å². The average Bonchev–Trinajstić information content (AvgIpc) is 2.47. The fourth-order valence-corrected chi connectivity index (χ4v) is 2.26. The molecule has 3 nitrogen and oxygen atoms in total. The third kappa shape index (κ3) is 3.58. The third-order valence-electron chi connectivity index (χ3n) is 3.37. The van der Waals surface area contributed by atoms with Gasteiger partial charge in [0.2, 0.25) is 0 Å². The smallest absolute Gasteiger partial charge is 0.0484 e. The van der Waals surface area contributed by atoms with Crippen LogP contribution in [0.5, 0.6) is 0 Å². The fourth-order valence-electron chi connectivity index (χ4n) is 2.26. The van der Waals surface area contributed by atoms with E-state index < -0.39 is 0 Å². The van der Waals surface area contributed by atoms with Gasteiger partial charge in [0.25, 0.3) is 0 Å². The summed E-state index contributed by atoms with van der Waals surface area (Å²) in [4.78, 5) is 6.47. The summed E-state index contributed by atoms with van der Waals surface area (Å²) in [5, 5.41) is 3.44. The molecular formula is C17H23N3. The Labute approximate surface area is 121 Å². The van der Waals surface area contributed by atoms with E-state index in [1.807, 2.05) is 12.4 Å². The number of rotatable bonds is 6. The maximum atomic E-state index is 4.25. The van der Waals surface area contributed by atoms with E-state index in [0.29, 0.717) is 0 Å². The normalized spacial score (nSPS) is 10.6. The summed E-state index contributed by atoms with van der Waals surface area (Å²) < 4.78 is 0. The Morgan fingerprint density at radius 1 is 1.25 bits per heavy atom. The number of pyridine rings is 1. The van der Waals surface area contributed by atoms with Crippen molar-refractivity contribution in [1.82, 2.24) is 10.3 Å². The van der Waals surface area contributed by atoms with Gasteiger partial charge in [0.15, 0.2) is 0 Å². The van der Waals surface area contributed by atoms with Crippen LogP contribution in [0.2, 0.25) is 0 Å². The summed E-state index contributed by atoms with van der Waals surface area (Å²) in [7, 11) is 2.10. The number of nitrogens with one attached hydrogen (secondary N) is 1. The van der Waals surface area contributed by atoms with Crippen LogP contribution in [-0.2, 0) is 6.54 Å². The van der Waals surface area contributed by atoms with Crippen molar-refractivity contribution in [2.45, 2.75) is 26.8 Å². The minimum absolute atomic E-state index is 0.854. The molecule has 1 N–H and O–H groups in total. The van der Waals surface area contributed by atoms with E-state index in [2.05, 4.69) is 66.4 Å². The number of aryl methyl sites for hydroxylation is 1. The average molecular weight is 269 g/mol. The van der Waals surface area contributed by atoms with Crippen molar-refractivity contribution in [2.24, 2.45) is 0 Å². The zero-order valence-corrected chi connectivity index (χ0v) is 12.6. The first-order valence-corrected chi connectivity index (χ1v) is 7.16. The lowest BCUT2D eigenvalue weighted by molar-refractivity contribution is 0.674. The molecule has 2 rings (SSSR count). The molecule has 0 saturated carbocycles. The van der Waals surface area contributed by atoms with Crippen LogP contribution in [0.15, 0.2) is 42.7 Å². The Bertz CT molecular complexity index is 551. The maximum Gasteiger partial charge on any atom is 0.0484 e. The van der Waals surface area contributed by atoms with E-state index in [9.17, 15) is 0 Å². The molecule has 1 heterocycles. The Balaban J connectivity index is 2.23. The summed E-state index contributed by atoms with van der Waals surface area (Å²) in [5.41, 5.74) is 4.90. The topological polar surface area (TPSA) is 28.2 Å². The summed E-state index contributed by atoms with van der Waals surface area (Å²) in [6.45, 7) is 6.18. The molecule has 2 aromatic rings. The fraction of sp³-hybridized carbons (Fsp3) is 0.353. The van der Waals surface area contributed by atoms with Gasteiger partial charge in [-0.05, 0) is 43.7 Å². The second-order valence-corrected chi connectivity index (χ2v) is 5.08. The molecule has 0 aliphatic rings. The highest BCUT2D eigenvalue weighted by Crippen LogP contribution is 2.26. The Morgan fingerprint density at radius 3 is 2.85 bits per heavy atom. The van der Waals surface area contributed by atoms with E-state index in [1.54, 1.807) is 0 Å². The van der Waals surface area contributed by atoms with Gasteiger partial charge in [-0.3, -0.25) is 4.98 Å². The standard InChI is InChI=1S/C17H23N3/c1-4-9-18-12-15-13-19-10-8-17(15)20(3)16-7-5-6-14(2)11-16/h5-8,10-11,13,18H,4,9,12H2,1-3H3. The lowest BCUT2D eigenvalue weighted by Crippen LogP contribution is -2.18. The molecule has 20 heavy (non-hydrogen) atoms. The maximum absolute atomic E-state index is 4.25. The highest BCUT2D eigenvalue weighted by Gasteiger charge is 2.09. The largest absolute Gasteiger partial charge is 0.344 e. The lowest BCUT2D eigenvalue weighted by Gasteiger charge is -2.23. The van der Waals surface area contributed by atoms with E-state index >= 15 is 0 Å². The van der Waals surface area contributed by atoms with Gasteiger partial charge >= 0.3 is 0 Å². The Kier molecular flexibility index (Phi) is 5.13. The molecule has 0 unspecified atom stereocenters. The van der Waals surface area contributed by atoms with Gasteiger partial charge in [-0.2, -0.15) is 0 Å². The van der Waals surface area contributed by atoms with Crippen LogP contribution in [0, 0.1) is 6.92 Å². The van der Waals surface area contributed by atoms with E-state index in [4.69, 9.17) is 0 Å². The summed E-state index contributed by atoms with van der Waals surface area (Å²) in [6.07, 6.45) is 4.94. The third-order valence-corrected chi connectivity index (χ3v) is 3.37. The van der Waals surface area contributed by atoms with Gasteiger partial charge in [0, 0.05) is 42.9 Å². The van der Waals surface area contributed by atoms with E-state index in [-0.39, 0.29) is 0 Å². The molecule has 0 atom stereocenters. The van der Waals surface area contributed by atoms with Crippen molar-refractivity contribution in [2.75, 3.05) is 18.5 Å². The van der Waals surface area contributed by atoms with Crippen molar-refractivity contribution in [3.8, 4) is 0 Å². The minimum atomic E-state index is 0.854. The number of aromatic nitrogens is 1. The first kappa shape index (κ1) is 14.5. The molecule has 0 spiro atoms. The Morgan fingerprint density at radius 2 is 2.10 bits per heavy atom. The van der Waals surface area contributed by atoms with E-state index in [1.165, 1.54) is 22.5 Å². The molecule has 0 saturated heterocycles. The predicted octanol–water partition coefficient (Wildman–Crippen LogP) is 3.66. The zero-order chi connectivity index (χ0) is 14.4. The molecule has 0 aliphatic heterocycles. The van der Waals surface area contributed by atoms with Crippen LogP contribution in [0.4, 0.5) is 11.4 Å². The first-order valence-electron chi connectivity index (χ1n) is 7.16. The van der Waals surface area contributed by atoms with Crippen molar-refractivity contribution < 1.29 is 0 Å². The first-order chi connectivity index (χ1) is 9.72. The van der Waals surface area contributed by atoms with Gasteiger partial charge in [-0.25, -0.2) is 0 Å². The molecule has 3 heteroatoms. The van der Waals surface area contributed by atoms with Crippen LogP contribution in [-0.4, -0.2) is 18.6 Å². The summed E-state index contributed by atoms with van der Waals surface area (Å²) >= 11 is 0. The number of hydrogen-bond donors (Lipinski definition) is 1. The molecule has 106 valence electrons. The van der Waals surface area contributed by atoms with Crippen LogP contribution in [0.25, 0.3) is 0 Å². The molecule has 0 amide bonds. The zero-order valence-electron chi connectivity index (χ0n) is 12.6. The Hall–Kier alpha value is -1.87. The SMILES string of the molecule is CCCNCc1cnccc1N(C)c1cccc(C)c1. The quantitative estimate of drug-likeness (QED) is 0.811. The molecule has 0 aliphatic carbocycles. The van der Waals surface area contributed by atoms with Crippen molar-refractivity contribution >= 4 is 11.4 Å². The summed E-state index contributed by atoms with van der Waals surface area (Å²) in [6, 6.07) is 10.6. The lowest BCUT2D eigenvalue weighted by atomic mass is 10.1. The number of benzene rings is 1. The van der Waals surface area contributed by atoms with Gasteiger partial charge in [0.1, 0.15) is 0 Å². The molecular weight excluding hydrogens is 246 g/mol. The molecule has 1 aromatic heterocycles. The molecule has 0 radical (unpaired) electrons. The summed E-state index contributed by atoms with van der Waals surface area (Å²) in [5.74, 6) is 0. The van der Waals surface area contributed by atoms with Crippen molar-refractivity contribution in [3.63, 3.8) is 0 Å². The van der Waals surface area contributed by atoms with Crippen LogP contribution < -0.4 is 10.2 Å². The van der Waals surface area contributed by atoms with Gasteiger partial charge in [-0.1, -0.05) is 19.1 Å². The second-order valence-electron chi connectivity index (χ2n) is 5.08. The van der Waals surface area contributed by atoms with Gasteiger partial charge in [0.05, 0.1) is 0 Å². The second kappa shape index (κ2) is 7.06. The van der Waals surface area contributed by atoms with Crippen LogP contribution >= 0.6 is 0 Å². The minimum Gasteiger partial charge on any atom is -0.344 e. The highest BCUT2D eigenvalue weighted by atomic mass is 15.1. The van der Waals surface area contributed by atoms with Crippen LogP contribution in [0.3, 0.4) is 0 Å².